The van der Waals surface area contributed by atoms with Gasteiger partial charge in [-0.1, -0.05) is 48.5 Å². The number of aliphatic imine (C=N–C) groups is 1. The molecule has 0 fully saturated rings. The van der Waals surface area contributed by atoms with Crippen LogP contribution in [0.3, 0.4) is 0 Å². The van der Waals surface area contributed by atoms with E-state index in [0.29, 0.717) is 39.9 Å². The Morgan fingerprint density at radius 2 is 1.00 bits per heavy atom. The minimum absolute atomic E-state index is 0.0404. The van der Waals surface area contributed by atoms with Crippen molar-refractivity contribution in [3.63, 3.8) is 0 Å². The molecule has 0 aromatic heterocycles. The van der Waals surface area contributed by atoms with Crippen LogP contribution >= 0.6 is 0 Å². The van der Waals surface area contributed by atoms with Crippen molar-refractivity contribution in [3.05, 3.63) is 158 Å². The lowest BCUT2D eigenvalue weighted by Gasteiger charge is -2.11. The van der Waals surface area contributed by atoms with E-state index in [1.54, 1.807) is 142 Å². The number of para-hydroxylation sites is 2. The molecule has 0 saturated carbocycles. The third-order valence-electron chi connectivity index (χ3n) is 7.22. The number of rotatable bonds is 11. The van der Waals surface area contributed by atoms with Crippen molar-refractivity contribution >= 4 is 66.3 Å². The smallest absolute Gasteiger partial charge is 0.323 e. The number of isocyanates is 1. The number of ether oxygens (including phenoxy) is 2. The summed E-state index contributed by atoms with van der Waals surface area (Å²) in [6.45, 7) is 0. The summed E-state index contributed by atoms with van der Waals surface area (Å²) in [6.07, 6.45) is 1.46. The van der Waals surface area contributed by atoms with Gasteiger partial charge in [-0.05, 0) is 109 Å². The predicted octanol–water partition coefficient (Wildman–Crippen LogP) is 7.87. The van der Waals surface area contributed by atoms with Gasteiger partial charge in [-0.15, -0.1) is 0 Å². The molecule has 0 aliphatic heterocycles. The van der Waals surface area contributed by atoms with Crippen LogP contribution in [0.25, 0.3) is 0 Å². The fourth-order valence-corrected chi connectivity index (χ4v) is 6.76. The first-order valence-electron chi connectivity index (χ1n) is 16.5. The first-order valence-corrected chi connectivity index (χ1v) is 19.4. The van der Waals surface area contributed by atoms with Crippen molar-refractivity contribution in [3.8, 4) is 11.5 Å². The topological polar surface area (TPSA) is 207 Å². The van der Waals surface area contributed by atoms with Crippen molar-refractivity contribution in [2.75, 3.05) is 40.0 Å². The molecular formula is C40H38N6O8S2. The molecule has 6 aromatic carbocycles. The summed E-state index contributed by atoms with van der Waals surface area (Å²) >= 11 is 0. The van der Waals surface area contributed by atoms with E-state index in [2.05, 4.69) is 25.1 Å². The minimum Gasteiger partial charge on any atom is -0.497 e. The zero-order chi connectivity index (χ0) is 40.4. The zero-order valence-electron chi connectivity index (χ0n) is 30.1. The van der Waals surface area contributed by atoms with Crippen molar-refractivity contribution in [1.82, 2.24) is 0 Å². The molecule has 56 heavy (non-hydrogen) atoms. The van der Waals surface area contributed by atoms with Crippen LogP contribution in [0.5, 0.6) is 11.5 Å². The Labute approximate surface area is 325 Å². The van der Waals surface area contributed by atoms with Gasteiger partial charge >= 0.3 is 6.03 Å². The Hall–Kier alpha value is -7.13. The van der Waals surface area contributed by atoms with Gasteiger partial charge in [0.1, 0.15) is 11.5 Å². The summed E-state index contributed by atoms with van der Waals surface area (Å²) in [5, 5.41) is 5.29. The number of methoxy groups -OCH3 is 2. The fraction of sp³-hybridized carbons (Fsp3) is 0.0500. The molecule has 14 nitrogen and oxygen atoms in total. The van der Waals surface area contributed by atoms with E-state index in [9.17, 15) is 26.4 Å². The maximum atomic E-state index is 12.5. The standard InChI is InChI=1S/C20H19N3O4S.C12H12N2O2S.C8H7NO2/c1-27-18-12-10-15(11-13-18)21-20(24)22-17-8-5-9-19(14-17)28(25,26)23-16-6-3-2-4-7-16;13-10-5-4-8-12(9-10)17(15,16)14-11-6-2-1-3-7-11;1-11-8-4-2-7(3-5-8)9-6-10/h2-14,23H,1H3,(H2,21,22,24);1-9,14H,13H2;2-5H,1H3. The highest BCUT2D eigenvalue weighted by atomic mass is 32.2. The Morgan fingerprint density at radius 1 is 0.554 bits per heavy atom. The van der Waals surface area contributed by atoms with Crippen LogP contribution in [-0.2, 0) is 24.8 Å². The van der Waals surface area contributed by atoms with Crippen LogP contribution in [0.4, 0.5) is 38.9 Å². The summed E-state index contributed by atoms with van der Waals surface area (Å²) in [7, 11) is -4.20. The van der Waals surface area contributed by atoms with Crippen LogP contribution < -0.4 is 35.3 Å². The summed E-state index contributed by atoms with van der Waals surface area (Å²) in [5.74, 6) is 1.42. The van der Waals surface area contributed by atoms with Gasteiger partial charge in [-0.3, -0.25) is 9.44 Å². The molecule has 0 heterocycles. The lowest BCUT2D eigenvalue weighted by Crippen LogP contribution is -2.20. The third-order valence-corrected chi connectivity index (χ3v) is 9.98. The molecular weight excluding hydrogens is 757 g/mol. The van der Waals surface area contributed by atoms with Crippen molar-refractivity contribution in [2.45, 2.75) is 9.79 Å². The number of carbonyl (C=O) groups is 1. The quantitative estimate of drug-likeness (QED) is 0.0491. The van der Waals surface area contributed by atoms with Gasteiger partial charge in [-0.2, -0.15) is 4.99 Å². The van der Waals surface area contributed by atoms with Crippen LogP contribution in [0.15, 0.2) is 173 Å². The highest BCUT2D eigenvalue weighted by Crippen LogP contribution is 2.21. The largest absolute Gasteiger partial charge is 0.497 e. The number of nitrogens with one attached hydrogen (secondary N) is 4. The maximum Gasteiger partial charge on any atom is 0.323 e. The lowest BCUT2D eigenvalue weighted by atomic mass is 10.3. The maximum absolute atomic E-state index is 12.5. The molecule has 0 aliphatic rings. The van der Waals surface area contributed by atoms with Gasteiger partial charge in [0.25, 0.3) is 20.0 Å². The Balaban J connectivity index is 0.000000210. The number of amides is 2. The summed E-state index contributed by atoms with van der Waals surface area (Å²) in [6, 6.07) is 42.6. The first kappa shape index (κ1) is 41.6. The van der Waals surface area contributed by atoms with Gasteiger partial charge in [0.05, 0.1) is 29.7 Å². The summed E-state index contributed by atoms with van der Waals surface area (Å²) in [4.78, 5) is 25.6. The average Bonchev–Trinajstić information content (AvgIpc) is 3.20. The molecule has 0 bridgehead atoms. The number of sulfonamides is 2. The Kier molecular flexibility index (Phi) is 15.1. The van der Waals surface area contributed by atoms with Gasteiger partial charge in [0.15, 0.2) is 0 Å². The molecule has 2 amide bonds. The van der Waals surface area contributed by atoms with Crippen LogP contribution in [0.2, 0.25) is 0 Å². The van der Waals surface area contributed by atoms with Crippen molar-refractivity contribution in [1.29, 1.82) is 0 Å². The number of nitrogens with zero attached hydrogens (tertiary/aromatic N) is 1. The third kappa shape index (κ3) is 13.4. The normalized spacial score (nSPS) is 10.4. The molecule has 0 saturated heterocycles. The highest BCUT2D eigenvalue weighted by molar-refractivity contribution is 7.93. The van der Waals surface area contributed by atoms with Crippen molar-refractivity contribution < 1.29 is 35.9 Å². The number of hydrogen-bond donors (Lipinski definition) is 5. The second-order valence-electron chi connectivity index (χ2n) is 11.3. The van der Waals surface area contributed by atoms with Gasteiger partial charge in [0.2, 0.25) is 6.08 Å². The molecule has 288 valence electrons. The molecule has 0 spiro atoms. The van der Waals surface area contributed by atoms with E-state index >= 15 is 0 Å². The zero-order valence-corrected chi connectivity index (χ0v) is 31.8. The predicted molar refractivity (Wildman–Crippen MR) is 218 cm³/mol. The number of nitrogens with two attached hydrogens (primary N) is 1. The van der Waals surface area contributed by atoms with E-state index in [-0.39, 0.29) is 9.79 Å². The second-order valence-corrected chi connectivity index (χ2v) is 14.6. The highest BCUT2D eigenvalue weighted by Gasteiger charge is 2.16. The number of benzene rings is 6. The van der Waals surface area contributed by atoms with Crippen LogP contribution in [0.1, 0.15) is 0 Å². The van der Waals surface area contributed by atoms with Gasteiger partial charge in [-0.25, -0.2) is 26.4 Å². The molecule has 6 rings (SSSR count). The summed E-state index contributed by atoms with van der Waals surface area (Å²) < 4.78 is 64.0. The second kappa shape index (κ2) is 20.4. The number of hydrogen-bond acceptors (Lipinski definition) is 10. The molecule has 0 unspecified atom stereocenters. The number of urea groups is 1. The lowest BCUT2D eigenvalue weighted by molar-refractivity contribution is 0.262. The van der Waals surface area contributed by atoms with Crippen molar-refractivity contribution in [2.24, 2.45) is 4.99 Å². The van der Waals surface area contributed by atoms with E-state index in [1.165, 1.54) is 30.3 Å². The van der Waals surface area contributed by atoms with E-state index in [4.69, 9.17) is 15.2 Å². The van der Waals surface area contributed by atoms with Gasteiger partial charge < -0.3 is 25.8 Å². The number of anilines is 5. The van der Waals surface area contributed by atoms with E-state index < -0.39 is 26.1 Å². The average molecular weight is 795 g/mol. The van der Waals surface area contributed by atoms with Crippen LogP contribution in [-0.4, -0.2) is 43.2 Å². The molecule has 6 aromatic rings. The molecule has 6 N–H and O–H groups in total. The fourth-order valence-electron chi connectivity index (χ4n) is 4.54. The molecule has 16 heteroatoms. The number of nitrogen functional groups attached to an aromatic ring is 1. The van der Waals surface area contributed by atoms with E-state index in [0.717, 1.165) is 5.75 Å². The monoisotopic (exact) mass is 794 g/mol. The summed E-state index contributed by atoms with van der Waals surface area (Å²) in [5.41, 5.74) is 8.46. The number of carbonyl (C=O) groups excluding carboxylic acids is 2. The Bertz CT molecular complexity index is 2450. The molecule has 0 atom stereocenters. The SMILES string of the molecule is COc1ccc(N=C=O)cc1.COc1ccc(NC(=O)Nc2cccc(S(=O)(=O)Nc3ccccc3)c2)cc1.Nc1cccc(S(=O)(=O)Nc2ccccc2)c1. The van der Waals surface area contributed by atoms with E-state index in [1.807, 2.05) is 6.07 Å². The first-order chi connectivity index (χ1) is 26.9. The van der Waals surface area contributed by atoms with Gasteiger partial charge in [0, 0.05) is 28.4 Å². The minimum atomic E-state index is -3.77. The molecule has 0 radical (unpaired) electrons. The van der Waals surface area contributed by atoms with Crippen LogP contribution in [0, 0.1) is 0 Å². The Morgan fingerprint density at radius 3 is 1.48 bits per heavy atom. The molecule has 0 aliphatic carbocycles.